The highest BCUT2D eigenvalue weighted by Crippen LogP contribution is 2.16. The Bertz CT molecular complexity index is 1280. The predicted molar refractivity (Wildman–Crippen MR) is 116 cm³/mol. The fourth-order valence-electron chi connectivity index (χ4n) is 3.32. The lowest BCUT2D eigenvalue weighted by Crippen LogP contribution is -2.24. The van der Waals surface area contributed by atoms with Gasteiger partial charge in [0.2, 0.25) is 5.91 Å². The van der Waals surface area contributed by atoms with Crippen molar-refractivity contribution >= 4 is 22.8 Å². The Kier molecular flexibility index (Phi) is 6.69. The van der Waals surface area contributed by atoms with Gasteiger partial charge in [-0.1, -0.05) is 12.1 Å². The SMILES string of the molecule is NC(=O)Cn1c(CNCCc2nc(C(=O)NCc3ncccc3F)co2)nc2ccccc21. The van der Waals surface area contributed by atoms with Crippen molar-refractivity contribution in [1.29, 1.82) is 0 Å². The number of halogens is 1. The van der Waals surface area contributed by atoms with Gasteiger partial charge in [-0.3, -0.25) is 14.6 Å². The van der Waals surface area contributed by atoms with Gasteiger partial charge in [-0.2, -0.15) is 0 Å². The van der Waals surface area contributed by atoms with Crippen molar-refractivity contribution in [3.63, 3.8) is 0 Å². The molecule has 0 aliphatic rings. The molecule has 0 saturated carbocycles. The van der Waals surface area contributed by atoms with Crippen LogP contribution in [0.2, 0.25) is 0 Å². The maximum atomic E-state index is 13.6. The molecule has 0 aliphatic carbocycles. The lowest BCUT2D eigenvalue weighted by atomic mass is 10.3. The molecule has 2 amide bonds. The van der Waals surface area contributed by atoms with E-state index in [1.54, 1.807) is 4.57 Å². The molecule has 0 spiro atoms. The second-order valence-electron chi connectivity index (χ2n) is 7.24. The molecule has 3 heterocycles. The number of carbonyl (C=O) groups excluding carboxylic acids is 2. The number of nitrogens with zero attached hydrogens (tertiary/aromatic N) is 4. The standard InChI is InChI=1S/C22H22FN7O3/c23-14-4-3-8-26-16(14)10-27-22(32)17-13-33-21(29-17)7-9-25-11-20-28-15-5-1-2-6-18(15)30(20)12-19(24)31/h1-6,8,13,25H,7,9-12H2,(H2,24,31)(H,27,32). The maximum absolute atomic E-state index is 13.6. The number of para-hydroxylation sites is 2. The number of primary amides is 1. The molecular formula is C22H22FN7O3. The zero-order chi connectivity index (χ0) is 23.2. The van der Waals surface area contributed by atoms with Crippen molar-refractivity contribution in [2.75, 3.05) is 6.54 Å². The summed E-state index contributed by atoms with van der Waals surface area (Å²) in [4.78, 5) is 36.3. The lowest BCUT2D eigenvalue weighted by Gasteiger charge is -2.07. The minimum Gasteiger partial charge on any atom is -0.448 e. The number of amides is 2. The number of fused-ring (bicyclic) bond motifs is 1. The summed E-state index contributed by atoms with van der Waals surface area (Å²) in [5.41, 5.74) is 7.24. The average molecular weight is 451 g/mol. The first-order chi connectivity index (χ1) is 16.0. The number of hydrogen-bond donors (Lipinski definition) is 3. The van der Waals surface area contributed by atoms with E-state index in [1.165, 1.54) is 24.6 Å². The summed E-state index contributed by atoms with van der Waals surface area (Å²) >= 11 is 0. The van der Waals surface area contributed by atoms with E-state index < -0.39 is 17.6 Å². The maximum Gasteiger partial charge on any atom is 0.273 e. The molecule has 4 aromatic rings. The molecule has 0 aliphatic heterocycles. The van der Waals surface area contributed by atoms with Crippen LogP contribution in [0.1, 0.15) is 27.9 Å². The summed E-state index contributed by atoms with van der Waals surface area (Å²) in [5, 5.41) is 5.79. The van der Waals surface area contributed by atoms with E-state index in [2.05, 4.69) is 25.6 Å². The van der Waals surface area contributed by atoms with Crippen molar-refractivity contribution in [2.24, 2.45) is 5.73 Å². The third-order valence-electron chi connectivity index (χ3n) is 4.88. The van der Waals surface area contributed by atoms with Crippen LogP contribution in [0.15, 0.2) is 53.3 Å². The molecule has 0 unspecified atom stereocenters. The third kappa shape index (κ3) is 5.39. The first-order valence-corrected chi connectivity index (χ1v) is 10.3. The van der Waals surface area contributed by atoms with Crippen molar-refractivity contribution in [1.82, 2.24) is 30.2 Å². The summed E-state index contributed by atoms with van der Waals surface area (Å²) in [7, 11) is 0. The fraction of sp³-hybridized carbons (Fsp3) is 0.227. The predicted octanol–water partition coefficient (Wildman–Crippen LogP) is 1.31. The minimum atomic E-state index is -0.492. The Morgan fingerprint density at radius 3 is 2.79 bits per heavy atom. The number of aromatic nitrogens is 4. The average Bonchev–Trinajstić information content (AvgIpc) is 3.41. The molecule has 4 rings (SSSR count). The van der Waals surface area contributed by atoms with Gasteiger partial charge in [-0.05, 0) is 24.3 Å². The van der Waals surface area contributed by atoms with Gasteiger partial charge in [0.05, 0.1) is 29.8 Å². The second kappa shape index (κ2) is 10.0. The summed E-state index contributed by atoms with van der Waals surface area (Å²) in [6, 6.07) is 10.3. The van der Waals surface area contributed by atoms with Gasteiger partial charge in [-0.15, -0.1) is 0 Å². The number of pyridine rings is 1. The minimum absolute atomic E-state index is 0.0398. The van der Waals surface area contributed by atoms with Crippen molar-refractivity contribution < 1.29 is 18.4 Å². The molecule has 0 saturated heterocycles. The van der Waals surface area contributed by atoms with Crippen LogP contribution in [-0.2, 0) is 30.8 Å². The molecule has 33 heavy (non-hydrogen) atoms. The van der Waals surface area contributed by atoms with Gasteiger partial charge >= 0.3 is 0 Å². The number of imidazole rings is 1. The Hall–Kier alpha value is -4.12. The van der Waals surface area contributed by atoms with E-state index >= 15 is 0 Å². The molecule has 1 aromatic carbocycles. The van der Waals surface area contributed by atoms with E-state index in [9.17, 15) is 14.0 Å². The van der Waals surface area contributed by atoms with Crippen LogP contribution in [0.4, 0.5) is 4.39 Å². The Morgan fingerprint density at radius 1 is 1.12 bits per heavy atom. The molecule has 0 fully saturated rings. The van der Waals surface area contributed by atoms with Gasteiger partial charge in [0.25, 0.3) is 5.91 Å². The highest BCUT2D eigenvalue weighted by atomic mass is 19.1. The van der Waals surface area contributed by atoms with E-state index in [1.807, 2.05) is 24.3 Å². The van der Waals surface area contributed by atoms with Gasteiger partial charge in [0.1, 0.15) is 24.4 Å². The molecule has 170 valence electrons. The monoisotopic (exact) mass is 451 g/mol. The number of hydrogen-bond acceptors (Lipinski definition) is 7. The van der Waals surface area contributed by atoms with Crippen LogP contribution < -0.4 is 16.4 Å². The zero-order valence-corrected chi connectivity index (χ0v) is 17.6. The quantitative estimate of drug-likeness (QED) is 0.309. The highest BCUT2D eigenvalue weighted by Gasteiger charge is 2.14. The molecule has 0 bridgehead atoms. The summed E-state index contributed by atoms with van der Waals surface area (Å²) in [6.07, 6.45) is 3.14. The highest BCUT2D eigenvalue weighted by molar-refractivity contribution is 5.91. The number of carbonyl (C=O) groups is 2. The topological polar surface area (TPSA) is 141 Å². The molecule has 10 nitrogen and oxygen atoms in total. The van der Waals surface area contributed by atoms with Crippen LogP contribution in [0.5, 0.6) is 0 Å². The van der Waals surface area contributed by atoms with E-state index in [-0.39, 0.29) is 24.5 Å². The first kappa shape index (κ1) is 22.1. The number of rotatable bonds is 10. The number of oxazole rings is 1. The van der Waals surface area contributed by atoms with Crippen LogP contribution >= 0.6 is 0 Å². The summed E-state index contributed by atoms with van der Waals surface area (Å²) in [6.45, 7) is 0.895. The zero-order valence-electron chi connectivity index (χ0n) is 17.6. The Balaban J connectivity index is 1.29. The Labute approximate surface area is 188 Å². The number of benzene rings is 1. The number of nitrogens with two attached hydrogens (primary N) is 1. The first-order valence-electron chi connectivity index (χ1n) is 10.3. The Morgan fingerprint density at radius 2 is 1.97 bits per heavy atom. The second-order valence-corrected chi connectivity index (χ2v) is 7.24. The molecule has 0 radical (unpaired) electrons. The lowest BCUT2D eigenvalue weighted by molar-refractivity contribution is -0.118. The van der Waals surface area contributed by atoms with Crippen LogP contribution in [0.25, 0.3) is 11.0 Å². The summed E-state index contributed by atoms with van der Waals surface area (Å²) in [5.74, 6) is -0.362. The van der Waals surface area contributed by atoms with Crippen LogP contribution in [0.3, 0.4) is 0 Å². The van der Waals surface area contributed by atoms with Gasteiger partial charge in [0, 0.05) is 19.2 Å². The number of nitrogens with one attached hydrogen (secondary N) is 2. The summed E-state index contributed by atoms with van der Waals surface area (Å²) < 4.78 is 20.7. The molecule has 0 atom stereocenters. The van der Waals surface area contributed by atoms with Gasteiger partial charge in [0.15, 0.2) is 11.6 Å². The van der Waals surface area contributed by atoms with Crippen LogP contribution in [0, 0.1) is 5.82 Å². The molecule has 11 heteroatoms. The largest absolute Gasteiger partial charge is 0.448 e. The van der Waals surface area contributed by atoms with Crippen molar-refractivity contribution in [2.45, 2.75) is 26.1 Å². The smallest absolute Gasteiger partial charge is 0.273 e. The van der Waals surface area contributed by atoms with Gasteiger partial charge in [-0.25, -0.2) is 14.4 Å². The molecule has 4 N–H and O–H groups in total. The fourth-order valence-corrected chi connectivity index (χ4v) is 3.32. The van der Waals surface area contributed by atoms with E-state index in [0.29, 0.717) is 31.2 Å². The van der Waals surface area contributed by atoms with Crippen molar-refractivity contribution in [3.05, 3.63) is 77.8 Å². The third-order valence-corrected chi connectivity index (χ3v) is 4.88. The van der Waals surface area contributed by atoms with Crippen LogP contribution in [-0.4, -0.2) is 37.9 Å². The van der Waals surface area contributed by atoms with Crippen molar-refractivity contribution in [3.8, 4) is 0 Å². The molecule has 3 aromatic heterocycles. The molecular weight excluding hydrogens is 429 g/mol. The van der Waals surface area contributed by atoms with E-state index in [4.69, 9.17) is 10.2 Å². The van der Waals surface area contributed by atoms with Gasteiger partial charge < -0.3 is 25.4 Å². The van der Waals surface area contributed by atoms with E-state index in [0.717, 1.165) is 11.0 Å². The normalized spacial score (nSPS) is 11.1.